The summed E-state index contributed by atoms with van der Waals surface area (Å²) in [4.78, 5) is 30.6. The molecule has 2 aliphatic heterocycles. The molecule has 3 heterocycles. The van der Waals surface area contributed by atoms with Crippen LogP contribution in [0, 0.1) is 6.92 Å². The fraction of sp³-hybridized carbons (Fsp3) is 0.429. The molecule has 2 aromatic rings. The lowest BCUT2D eigenvalue weighted by molar-refractivity contribution is -0.134. The van der Waals surface area contributed by atoms with Crippen molar-refractivity contribution in [2.75, 3.05) is 37.6 Å². The van der Waals surface area contributed by atoms with Gasteiger partial charge in [0.1, 0.15) is 12.6 Å². The van der Waals surface area contributed by atoms with E-state index in [9.17, 15) is 9.59 Å². The van der Waals surface area contributed by atoms with Crippen molar-refractivity contribution in [3.63, 3.8) is 0 Å². The zero-order valence-electron chi connectivity index (χ0n) is 16.8. The number of aryl methyl sites for hydroxylation is 1. The highest BCUT2D eigenvalue weighted by molar-refractivity contribution is 6.30. The number of aromatic nitrogens is 2. The van der Waals surface area contributed by atoms with E-state index in [2.05, 4.69) is 10.2 Å². The molecule has 3 amide bonds. The molecule has 8 nitrogen and oxygen atoms in total. The average Bonchev–Trinajstić information content (AvgIpc) is 3.11. The number of carbonyl (C=O) groups is 2. The summed E-state index contributed by atoms with van der Waals surface area (Å²) in [6, 6.07) is 10.6. The number of anilines is 1. The molecule has 1 unspecified atom stereocenters. The van der Waals surface area contributed by atoms with Gasteiger partial charge in [-0.15, -0.1) is 5.10 Å². The highest BCUT2D eigenvalue weighted by Gasteiger charge is 2.33. The molecular formula is C21H24ClN5O3. The number of carbonyl (C=O) groups excluding carboxylic acids is 2. The van der Waals surface area contributed by atoms with Gasteiger partial charge in [0.15, 0.2) is 0 Å². The van der Waals surface area contributed by atoms with Gasteiger partial charge in [0, 0.05) is 36.4 Å². The summed E-state index contributed by atoms with van der Waals surface area (Å²) in [5, 5.41) is 8.66. The van der Waals surface area contributed by atoms with E-state index in [-0.39, 0.29) is 24.6 Å². The molecule has 0 saturated carbocycles. The van der Waals surface area contributed by atoms with E-state index >= 15 is 0 Å². The van der Waals surface area contributed by atoms with Crippen LogP contribution in [0.4, 0.5) is 10.5 Å². The summed E-state index contributed by atoms with van der Waals surface area (Å²) < 4.78 is 5.90. The van der Waals surface area contributed by atoms with Gasteiger partial charge in [-0.3, -0.25) is 9.69 Å². The van der Waals surface area contributed by atoms with Gasteiger partial charge in [-0.1, -0.05) is 11.6 Å². The Morgan fingerprint density at radius 3 is 2.67 bits per heavy atom. The van der Waals surface area contributed by atoms with Crippen molar-refractivity contribution >= 4 is 29.2 Å². The number of hydrogen-bond acceptors (Lipinski definition) is 5. The molecule has 1 atom stereocenters. The Bertz CT molecular complexity index is 906. The maximum atomic E-state index is 12.8. The summed E-state index contributed by atoms with van der Waals surface area (Å²) in [7, 11) is 0. The van der Waals surface area contributed by atoms with Crippen molar-refractivity contribution < 1.29 is 14.3 Å². The van der Waals surface area contributed by atoms with Gasteiger partial charge in [0.05, 0.1) is 12.2 Å². The third kappa shape index (κ3) is 4.64. The van der Waals surface area contributed by atoms with Gasteiger partial charge in [0.2, 0.25) is 11.8 Å². The molecular weight excluding hydrogens is 406 g/mol. The van der Waals surface area contributed by atoms with E-state index in [1.165, 1.54) is 0 Å². The molecule has 0 spiro atoms. The van der Waals surface area contributed by atoms with Crippen LogP contribution in [0.1, 0.15) is 18.5 Å². The van der Waals surface area contributed by atoms with Gasteiger partial charge in [-0.05, 0) is 50.1 Å². The fourth-order valence-corrected chi connectivity index (χ4v) is 3.86. The summed E-state index contributed by atoms with van der Waals surface area (Å²) in [6.45, 7) is 4.15. The van der Waals surface area contributed by atoms with Crippen LogP contribution in [0.2, 0.25) is 5.02 Å². The zero-order chi connectivity index (χ0) is 21.1. The first-order chi connectivity index (χ1) is 14.5. The Morgan fingerprint density at radius 2 is 1.93 bits per heavy atom. The number of likely N-dealkylation sites (tertiary alicyclic amines) is 1. The zero-order valence-corrected chi connectivity index (χ0v) is 17.6. The molecule has 0 bridgehead atoms. The van der Waals surface area contributed by atoms with E-state index in [0.717, 1.165) is 24.2 Å². The number of nitrogens with zero attached hydrogens (tertiary/aromatic N) is 5. The lowest BCUT2D eigenvalue weighted by Crippen LogP contribution is -2.48. The number of halogens is 1. The number of urea groups is 1. The normalized spacial score (nSPS) is 19.3. The second-order valence-electron chi connectivity index (χ2n) is 7.57. The van der Waals surface area contributed by atoms with E-state index in [1.54, 1.807) is 32.9 Å². The molecule has 30 heavy (non-hydrogen) atoms. The molecule has 2 aliphatic rings. The van der Waals surface area contributed by atoms with Crippen molar-refractivity contribution in [1.82, 2.24) is 20.0 Å². The van der Waals surface area contributed by atoms with Gasteiger partial charge < -0.3 is 14.5 Å². The topological polar surface area (TPSA) is 78.9 Å². The van der Waals surface area contributed by atoms with E-state index in [0.29, 0.717) is 37.1 Å². The molecule has 0 N–H and O–H groups in total. The third-order valence-corrected chi connectivity index (χ3v) is 5.60. The SMILES string of the molecule is Cc1ccc(OC2CCCN(C(=O)CN3CCN(c4ccc(Cl)cc4)C3=O)C2)nn1. The Balaban J connectivity index is 1.32. The molecule has 1 aromatic heterocycles. The molecule has 4 rings (SSSR count). The highest BCUT2D eigenvalue weighted by Crippen LogP contribution is 2.23. The lowest BCUT2D eigenvalue weighted by Gasteiger charge is -2.33. The standard InChI is InChI=1S/C21H24ClN5O3/c1-15-4-9-19(24-23-15)30-18-3-2-10-25(13-18)20(28)14-26-11-12-27(21(26)29)17-7-5-16(22)6-8-17/h4-9,18H,2-3,10-14H2,1H3. The Morgan fingerprint density at radius 1 is 1.13 bits per heavy atom. The first kappa shape index (κ1) is 20.4. The summed E-state index contributed by atoms with van der Waals surface area (Å²) in [5.41, 5.74) is 1.61. The molecule has 9 heteroatoms. The first-order valence-electron chi connectivity index (χ1n) is 10.1. The van der Waals surface area contributed by atoms with Gasteiger partial charge in [-0.2, -0.15) is 5.10 Å². The number of benzene rings is 1. The number of ether oxygens (including phenoxy) is 1. The summed E-state index contributed by atoms with van der Waals surface area (Å²) >= 11 is 5.93. The van der Waals surface area contributed by atoms with Crippen LogP contribution >= 0.6 is 11.6 Å². The molecule has 2 saturated heterocycles. The summed E-state index contributed by atoms with van der Waals surface area (Å²) in [5.74, 6) is 0.401. The fourth-order valence-electron chi connectivity index (χ4n) is 3.73. The molecule has 1 aromatic carbocycles. The number of piperidine rings is 1. The Kier molecular flexibility index (Phi) is 6.03. The largest absolute Gasteiger partial charge is 0.471 e. The van der Waals surface area contributed by atoms with Crippen molar-refractivity contribution in [1.29, 1.82) is 0 Å². The summed E-state index contributed by atoms with van der Waals surface area (Å²) in [6.07, 6.45) is 1.58. The second kappa shape index (κ2) is 8.87. The van der Waals surface area contributed by atoms with Crippen LogP contribution in [0.5, 0.6) is 5.88 Å². The maximum absolute atomic E-state index is 12.8. The Hall–Kier alpha value is -2.87. The van der Waals surface area contributed by atoms with Crippen LogP contribution in [0.3, 0.4) is 0 Å². The molecule has 0 radical (unpaired) electrons. The maximum Gasteiger partial charge on any atom is 0.325 e. The monoisotopic (exact) mass is 429 g/mol. The van der Waals surface area contributed by atoms with E-state index in [4.69, 9.17) is 16.3 Å². The van der Waals surface area contributed by atoms with Crippen molar-refractivity contribution in [3.8, 4) is 5.88 Å². The van der Waals surface area contributed by atoms with Crippen LogP contribution in [-0.2, 0) is 4.79 Å². The predicted molar refractivity (Wildman–Crippen MR) is 113 cm³/mol. The average molecular weight is 430 g/mol. The van der Waals surface area contributed by atoms with Gasteiger partial charge in [-0.25, -0.2) is 4.79 Å². The smallest absolute Gasteiger partial charge is 0.325 e. The highest BCUT2D eigenvalue weighted by atomic mass is 35.5. The van der Waals surface area contributed by atoms with E-state index in [1.807, 2.05) is 25.1 Å². The van der Waals surface area contributed by atoms with Crippen LogP contribution in [0.15, 0.2) is 36.4 Å². The van der Waals surface area contributed by atoms with E-state index < -0.39 is 0 Å². The molecule has 158 valence electrons. The van der Waals surface area contributed by atoms with Gasteiger partial charge in [0.25, 0.3) is 0 Å². The second-order valence-corrected chi connectivity index (χ2v) is 8.00. The minimum Gasteiger partial charge on any atom is -0.471 e. The van der Waals surface area contributed by atoms with Crippen molar-refractivity contribution in [2.45, 2.75) is 25.9 Å². The number of rotatable bonds is 5. The number of amides is 3. The van der Waals surface area contributed by atoms with Crippen LogP contribution in [-0.4, -0.2) is 70.8 Å². The van der Waals surface area contributed by atoms with Crippen LogP contribution in [0.25, 0.3) is 0 Å². The van der Waals surface area contributed by atoms with Crippen molar-refractivity contribution in [2.24, 2.45) is 0 Å². The van der Waals surface area contributed by atoms with Crippen LogP contribution < -0.4 is 9.64 Å². The lowest BCUT2D eigenvalue weighted by atomic mass is 10.1. The molecule has 2 fully saturated rings. The predicted octanol–water partition coefficient (Wildman–Crippen LogP) is 2.75. The number of hydrogen-bond donors (Lipinski definition) is 0. The third-order valence-electron chi connectivity index (χ3n) is 5.35. The van der Waals surface area contributed by atoms with Gasteiger partial charge >= 0.3 is 6.03 Å². The minimum absolute atomic E-state index is 0.0652. The first-order valence-corrected chi connectivity index (χ1v) is 10.4. The minimum atomic E-state index is -0.162. The molecule has 0 aliphatic carbocycles. The Labute approximate surface area is 180 Å². The van der Waals surface area contributed by atoms with Crippen molar-refractivity contribution in [3.05, 3.63) is 47.1 Å². The quantitative estimate of drug-likeness (QED) is 0.730.